The quantitative estimate of drug-likeness (QED) is 0.785. The number of thioether (sulfide) groups is 1. The lowest BCUT2D eigenvalue weighted by Gasteiger charge is -2.25. The van der Waals surface area contributed by atoms with Crippen molar-refractivity contribution < 1.29 is 14.6 Å². The average molecular weight is 231 g/mol. The smallest absolute Gasteiger partial charge is 0.410 e. The van der Waals surface area contributed by atoms with Crippen molar-refractivity contribution in [3.05, 3.63) is 0 Å². The first-order valence-corrected chi connectivity index (χ1v) is 6.59. The summed E-state index contributed by atoms with van der Waals surface area (Å²) in [5.74, 6) is 3.03. The van der Waals surface area contributed by atoms with Crippen molar-refractivity contribution >= 4 is 17.9 Å². The Morgan fingerprint density at radius 1 is 1.47 bits per heavy atom. The number of cyclic esters (lactones) is 1. The molecule has 5 heteroatoms. The number of ether oxygens (including phenoxy) is 1. The molecule has 2 aliphatic rings. The third-order valence-electron chi connectivity index (χ3n) is 2.97. The fraction of sp³-hybridized carbons (Fsp3) is 0.900. The Morgan fingerprint density at radius 3 is 2.80 bits per heavy atom. The Hall–Kier alpha value is -0.420. The molecule has 0 saturated carbocycles. The molecule has 0 aromatic carbocycles. The van der Waals surface area contributed by atoms with Gasteiger partial charge in [-0.25, -0.2) is 4.79 Å². The normalized spacial score (nSPS) is 28.2. The van der Waals surface area contributed by atoms with E-state index in [0.29, 0.717) is 12.5 Å². The summed E-state index contributed by atoms with van der Waals surface area (Å²) in [5.41, 5.74) is 0. The van der Waals surface area contributed by atoms with Crippen molar-refractivity contribution in [2.75, 3.05) is 31.2 Å². The van der Waals surface area contributed by atoms with E-state index in [2.05, 4.69) is 0 Å². The molecular weight excluding hydrogens is 214 g/mol. The molecule has 4 nitrogen and oxygen atoms in total. The molecule has 0 radical (unpaired) electrons. The van der Waals surface area contributed by atoms with Gasteiger partial charge in [-0.15, -0.1) is 0 Å². The molecule has 0 aliphatic carbocycles. The molecule has 0 aromatic rings. The van der Waals surface area contributed by atoms with Crippen LogP contribution in [0.2, 0.25) is 0 Å². The standard InChI is InChI=1S/C10H17NO3S/c12-7-9-6-11(10(13)14-9)5-8-1-3-15-4-2-8/h8-9,12H,1-7H2/t9-/m1/s1. The molecule has 15 heavy (non-hydrogen) atoms. The van der Waals surface area contributed by atoms with Crippen LogP contribution in [0, 0.1) is 5.92 Å². The summed E-state index contributed by atoms with van der Waals surface area (Å²) in [6.07, 6.45) is 1.82. The van der Waals surface area contributed by atoms with Crippen LogP contribution in [0.3, 0.4) is 0 Å². The highest BCUT2D eigenvalue weighted by Crippen LogP contribution is 2.25. The number of carbonyl (C=O) groups is 1. The van der Waals surface area contributed by atoms with Gasteiger partial charge in [-0.05, 0) is 30.3 Å². The first kappa shape index (κ1) is 11.1. The third kappa shape index (κ3) is 2.78. The Labute approximate surface area is 94.0 Å². The zero-order valence-electron chi connectivity index (χ0n) is 8.72. The van der Waals surface area contributed by atoms with E-state index in [0.717, 1.165) is 6.54 Å². The van der Waals surface area contributed by atoms with Crippen LogP contribution in [-0.4, -0.2) is 53.4 Å². The van der Waals surface area contributed by atoms with Crippen molar-refractivity contribution in [2.24, 2.45) is 5.92 Å². The van der Waals surface area contributed by atoms with Crippen LogP contribution in [0.4, 0.5) is 4.79 Å². The maximum absolute atomic E-state index is 11.4. The first-order chi connectivity index (χ1) is 7.29. The second-order valence-electron chi connectivity index (χ2n) is 4.15. The lowest BCUT2D eigenvalue weighted by atomic mass is 10.0. The van der Waals surface area contributed by atoms with Crippen molar-refractivity contribution in [3.63, 3.8) is 0 Å². The van der Waals surface area contributed by atoms with Gasteiger partial charge in [0, 0.05) is 6.54 Å². The second kappa shape index (κ2) is 5.07. The van der Waals surface area contributed by atoms with Crippen LogP contribution >= 0.6 is 11.8 Å². The lowest BCUT2D eigenvalue weighted by molar-refractivity contribution is 0.0945. The highest BCUT2D eigenvalue weighted by molar-refractivity contribution is 7.99. The van der Waals surface area contributed by atoms with E-state index in [1.54, 1.807) is 4.90 Å². The zero-order valence-corrected chi connectivity index (χ0v) is 9.54. The lowest BCUT2D eigenvalue weighted by Crippen LogP contribution is -2.32. The number of hydrogen-bond donors (Lipinski definition) is 1. The Balaban J connectivity index is 1.81. The maximum atomic E-state index is 11.4. The monoisotopic (exact) mass is 231 g/mol. The van der Waals surface area contributed by atoms with Crippen LogP contribution < -0.4 is 0 Å². The van der Waals surface area contributed by atoms with Crippen LogP contribution in [0.1, 0.15) is 12.8 Å². The van der Waals surface area contributed by atoms with Crippen LogP contribution in [-0.2, 0) is 4.74 Å². The minimum absolute atomic E-state index is 0.0667. The molecule has 2 saturated heterocycles. The minimum atomic E-state index is -0.310. The summed E-state index contributed by atoms with van der Waals surface area (Å²) in [6.45, 7) is 1.29. The van der Waals surface area contributed by atoms with Crippen LogP contribution in [0.25, 0.3) is 0 Å². The largest absolute Gasteiger partial charge is 0.442 e. The maximum Gasteiger partial charge on any atom is 0.410 e. The number of hydrogen-bond acceptors (Lipinski definition) is 4. The fourth-order valence-electron chi connectivity index (χ4n) is 2.06. The van der Waals surface area contributed by atoms with E-state index in [9.17, 15) is 4.79 Å². The molecule has 0 spiro atoms. The molecule has 1 amide bonds. The van der Waals surface area contributed by atoms with Crippen molar-refractivity contribution in [3.8, 4) is 0 Å². The molecule has 0 unspecified atom stereocenters. The summed E-state index contributed by atoms with van der Waals surface area (Å²) < 4.78 is 5.00. The zero-order chi connectivity index (χ0) is 10.7. The van der Waals surface area contributed by atoms with Gasteiger partial charge in [-0.2, -0.15) is 11.8 Å². The summed E-state index contributed by atoms with van der Waals surface area (Å²) in [6, 6.07) is 0. The highest BCUT2D eigenvalue weighted by atomic mass is 32.2. The summed E-state index contributed by atoms with van der Waals surface area (Å²) in [7, 11) is 0. The van der Waals surface area contributed by atoms with E-state index >= 15 is 0 Å². The molecule has 86 valence electrons. The molecule has 2 rings (SSSR count). The van der Waals surface area contributed by atoms with Gasteiger partial charge in [-0.1, -0.05) is 0 Å². The van der Waals surface area contributed by atoms with E-state index in [1.807, 2.05) is 11.8 Å². The topological polar surface area (TPSA) is 49.8 Å². The van der Waals surface area contributed by atoms with E-state index in [1.165, 1.54) is 24.3 Å². The van der Waals surface area contributed by atoms with Crippen molar-refractivity contribution in [1.29, 1.82) is 0 Å². The molecular formula is C10H17NO3S. The molecule has 2 heterocycles. The molecule has 1 atom stereocenters. The van der Waals surface area contributed by atoms with E-state index < -0.39 is 0 Å². The average Bonchev–Trinajstić information content (AvgIpc) is 2.61. The number of aliphatic hydroxyl groups is 1. The number of nitrogens with zero attached hydrogens (tertiary/aromatic N) is 1. The SMILES string of the molecule is O=C1O[C@@H](CO)CN1CC1CCSCC1. The van der Waals surface area contributed by atoms with Crippen LogP contribution in [0.15, 0.2) is 0 Å². The summed E-state index contributed by atoms with van der Waals surface area (Å²) in [5, 5.41) is 8.90. The highest BCUT2D eigenvalue weighted by Gasteiger charge is 2.32. The van der Waals surface area contributed by atoms with Gasteiger partial charge in [0.05, 0.1) is 13.2 Å². The van der Waals surface area contributed by atoms with Gasteiger partial charge in [0.1, 0.15) is 6.10 Å². The minimum Gasteiger partial charge on any atom is -0.442 e. The predicted octanol–water partition coefficient (Wildman–Crippen LogP) is 0.943. The van der Waals surface area contributed by atoms with Gasteiger partial charge in [0.15, 0.2) is 0 Å². The molecule has 2 fully saturated rings. The van der Waals surface area contributed by atoms with Gasteiger partial charge in [-0.3, -0.25) is 0 Å². The van der Waals surface area contributed by atoms with Gasteiger partial charge < -0.3 is 14.7 Å². The fourth-order valence-corrected chi connectivity index (χ4v) is 3.26. The van der Waals surface area contributed by atoms with Crippen molar-refractivity contribution in [1.82, 2.24) is 4.90 Å². The summed E-state index contributed by atoms with van der Waals surface area (Å²) >= 11 is 1.99. The Bertz CT molecular complexity index is 231. The van der Waals surface area contributed by atoms with Gasteiger partial charge >= 0.3 is 6.09 Å². The third-order valence-corrected chi connectivity index (χ3v) is 4.02. The van der Waals surface area contributed by atoms with Gasteiger partial charge in [0.25, 0.3) is 0 Å². The predicted molar refractivity (Wildman–Crippen MR) is 59.0 cm³/mol. The molecule has 2 aliphatic heterocycles. The van der Waals surface area contributed by atoms with Crippen molar-refractivity contribution in [2.45, 2.75) is 18.9 Å². The molecule has 0 bridgehead atoms. The van der Waals surface area contributed by atoms with E-state index in [4.69, 9.17) is 9.84 Å². The van der Waals surface area contributed by atoms with Gasteiger partial charge in [0.2, 0.25) is 0 Å². The summed E-state index contributed by atoms with van der Waals surface area (Å²) in [4.78, 5) is 13.1. The number of carbonyl (C=O) groups excluding carboxylic acids is 1. The first-order valence-electron chi connectivity index (χ1n) is 5.43. The molecule has 0 aromatic heterocycles. The second-order valence-corrected chi connectivity index (χ2v) is 5.37. The number of amides is 1. The van der Waals surface area contributed by atoms with Crippen LogP contribution in [0.5, 0.6) is 0 Å². The molecule has 1 N–H and O–H groups in total. The number of aliphatic hydroxyl groups excluding tert-OH is 1. The number of rotatable bonds is 3. The Morgan fingerprint density at radius 2 is 2.20 bits per heavy atom. The Kier molecular flexibility index (Phi) is 3.75. The van der Waals surface area contributed by atoms with E-state index in [-0.39, 0.29) is 18.8 Å².